The van der Waals surface area contributed by atoms with Crippen LogP contribution in [0.25, 0.3) is 11.5 Å². The minimum atomic E-state index is -0.322. The predicted molar refractivity (Wildman–Crippen MR) is 103 cm³/mol. The van der Waals surface area contributed by atoms with Gasteiger partial charge in [-0.15, -0.1) is 5.10 Å². The van der Waals surface area contributed by atoms with E-state index < -0.39 is 0 Å². The van der Waals surface area contributed by atoms with Crippen LogP contribution < -0.4 is 19.5 Å². The molecular formula is C20H21N3O5. The lowest BCUT2D eigenvalue weighted by molar-refractivity contribution is 0.102. The molecule has 0 aliphatic heterocycles. The van der Waals surface area contributed by atoms with E-state index in [0.717, 1.165) is 11.1 Å². The molecule has 0 fully saturated rings. The highest BCUT2D eigenvalue weighted by atomic mass is 16.5. The topological polar surface area (TPSA) is 95.7 Å². The van der Waals surface area contributed by atoms with Crippen LogP contribution in [0.2, 0.25) is 0 Å². The zero-order chi connectivity index (χ0) is 20.3. The molecule has 0 radical (unpaired) electrons. The van der Waals surface area contributed by atoms with Gasteiger partial charge in [0, 0.05) is 11.1 Å². The maximum Gasteiger partial charge on any atom is 0.322 e. The van der Waals surface area contributed by atoms with Gasteiger partial charge in [-0.3, -0.25) is 10.1 Å². The Morgan fingerprint density at radius 3 is 2.21 bits per heavy atom. The van der Waals surface area contributed by atoms with E-state index in [1.165, 1.54) is 21.3 Å². The second-order valence-corrected chi connectivity index (χ2v) is 6.10. The lowest BCUT2D eigenvalue weighted by atomic mass is 10.1. The van der Waals surface area contributed by atoms with E-state index in [2.05, 4.69) is 15.5 Å². The first-order valence-electron chi connectivity index (χ1n) is 8.49. The lowest BCUT2D eigenvalue weighted by Crippen LogP contribution is -2.13. The van der Waals surface area contributed by atoms with E-state index in [1.54, 1.807) is 18.2 Å². The number of hydrogen-bond donors (Lipinski definition) is 1. The van der Waals surface area contributed by atoms with Crippen molar-refractivity contribution in [1.29, 1.82) is 0 Å². The molecule has 146 valence electrons. The number of anilines is 1. The molecule has 0 unspecified atom stereocenters. The molecule has 3 aromatic rings. The van der Waals surface area contributed by atoms with Crippen molar-refractivity contribution in [3.05, 3.63) is 47.0 Å². The third kappa shape index (κ3) is 3.75. The van der Waals surface area contributed by atoms with Gasteiger partial charge in [-0.05, 0) is 37.6 Å². The van der Waals surface area contributed by atoms with Crippen LogP contribution in [0, 0.1) is 13.8 Å². The van der Waals surface area contributed by atoms with Crippen molar-refractivity contribution < 1.29 is 23.4 Å². The normalized spacial score (nSPS) is 10.5. The Morgan fingerprint density at radius 1 is 0.964 bits per heavy atom. The molecule has 2 aromatic carbocycles. The maximum atomic E-state index is 12.5. The molecule has 0 saturated heterocycles. The van der Waals surface area contributed by atoms with Crippen LogP contribution >= 0.6 is 0 Å². The Hall–Kier alpha value is -3.55. The number of benzene rings is 2. The van der Waals surface area contributed by atoms with Crippen LogP contribution in [-0.2, 0) is 0 Å². The van der Waals surface area contributed by atoms with E-state index in [9.17, 15) is 4.79 Å². The van der Waals surface area contributed by atoms with Crippen LogP contribution in [0.4, 0.5) is 6.01 Å². The van der Waals surface area contributed by atoms with Crippen LogP contribution in [0.15, 0.2) is 34.7 Å². The van der Waals surface area contributed by atoms with E-state index in [-0.39, 0.29) is 17.8 Å². The van der Waals surface area contributed by atoms with Gasteiger partial charge in [0.2, 0.25) is 11.6 Å². The average Bonchev–Trinajstić information content (AvgIpc) is 3.14. The summed E-state index contributed by atoms with van der Waals surface area (Å²) in [4.78, 5) is 12.5. The second kappa shape index (κ2) is 7.99. The standard InChI is InChI=1S/C20H21N3O5/c1-11-6-7-14(12(2)8-11)18(24)21-20-23-22-19(28-20)13-9-15(25-3)17(27-5)16(10-13)26-4/h6-10H,1-5H3,(H,21,23,24). The molecule has 0 aliphatic rings. The second-order valence-electron chi connectivity index (χ2n) is 6.10. The van der Waals surface area contributed by atoms with Gasteiger partial charge in [0.05, 0.1) is 21.3 Å². The third-order valence-corrected chi connectivity index (χ3v) is 4.18. The SMILES string of the molecule is COc1cc(-c2nnc(NC(=O)c3ccc(C)cc3C)o2)cc(OC)c1OC. The van der Waals surface area contributed by atoms with Crippen LogP contribution in [0.5, 0.6) is 17.2 Å². The Labute approximate surface area is 162 Å². The number of methoxy groups -OCH3 is 3. The molecule has 0 saturated carbocycles. The summed E-state index contributed by atoms with van der Waals surface area (Å²) in [7, 11) is 4.56. The average molecular weight is 383 g/mol. The number of aryl methyl sites for hydroxylation is 2. The molecule has 0 aliphatic carbocycles. The fraction of sp³-hybridized carbons (Fsp3) is 0.250. The zero-order valence-corrected chi connectivity index (χ0v) is 16.3. The smallest absolute Gasteiger partial charge is 0.322 e. The minimum absolute atomic E-state index is 0.00581. The van der Waals surface area contributed by atoms with Gasteiger partial charge in [-0.1, -0.05) is 22.8 Å². The van der Waals surface area contributed by atoms with Gasteiger partial charge < -0.3 is 18.6 Å². The number of carbonyl (C=O) groups is 1. The monoisotopic (exact) mass is 383 g/mol. The highest BCUT2D eigenvalue weighted by Crippen LogP contribution is 2.41. The lowest BCUT2D eigenvalue weighted by Gasteiger charge is -2.12. The zero-order valence-electron chi connectivity index (χ0n) is 16.3. The summed E-state index contributed by atoms with van der Waals surface area (Å²) < 4.78 is 21.6. The number of nitrogens with zero attached hydrogens (tertiary/aromatic N) is 2. The van der Waals surface area contributed by atoms with Crippen molar-refractivity contribution in [3.8, 4) is 28.7 Å². The van der Waals surface area contributed by atoms with Crippen LogP contribution in [0.3, 0.4) is 0 Å². The van der Waals surface area contributed by atoms with Crippen molar-refractivity contribution in [2.75, 3.05) is 26.6 Å². The van der Waals surface area contributed by atoms with Crippen molar-refractivity contribution in [3.63, 3.8) is 0 Å². The number of nitrogens with one attached hydrogen (secondary N) is 1. The first-order valence-corrected chi connectivity index (χ1v) is 8.49. The first kappa shape index (κ1) is 19.2. The van der Waals surface area contributed by atoms with Crippen molar-refractivity contribution in [2.24, 2.45) is 0 Å². The molecule has 28 heavy (non-hydrogen) atoms. The van der Waals surface area contributed by atoms with Crippen molar-refractivity contribution in [1.82, 2.24) is 10.2 Å². The number of aromatic nitrogens is 2. The Bertz CT molecular complexity index is 988. The summed E-state index contributed by atoms with van der Waals surface area (Å²) in [6, 6.07) is 8.93. The molecule has 1 N–H and O–H groups in total. The van der Waals surface area contributed by atoms with Gasteiger partial charge >= 0.3 is 6.01 Å². The number of ether oxygens (including phenoxy) is 3. The summed E-state index contributed by atoms with van der Waals surface area (Å²) in [5.41, 5.74) is 3.05. The van der Waals surface area contributed by atoms with Crippen LogP contribution in [0.1, 0.15) is 21.5 Å². The quantitative estimate of drug-likeness (QED) is 0.694. The van der Waals surface area contributed by atoms with Gasteiger partial charge in [-0.2, -0.15) is 0 Å². The summed E-state index contributed by atoms with van der Waals surface area (Å²) in [5.74, 6) is 1.25. The molecule has 8 nitrogen and oxygen atoms in total. The van der Waals surface area contributed by atoms with E-state index in [4.69, 9.17) is 18.6 Å². The van der Waals surface area contributed by atoms with Gasteiger partial charge in [0.15, 0.2) is 11.5 Å². The number of carbonyl (C=O) groups excluding carboxylic acids is 1. The third-order valence-electron chi connectivity index (χ3n) is 4.18. The molecule has 1 amide bonds. The summed E-state index contributed by atoms with van der Waals surface area (Å²) in [6.45, 7) is 3.84. The van der Waals surface area contributed by atoms with Gasteiger partial charge in [-0.25, -0.2) is 0 Å². The minimum Gasteiger partial charge on any atom is -0.493 e. The molecule has 3 rings (SSSR count). The van der Waals surface area contributed by atoms with Crippen LogP contribution in [-0.4, -0.2) is 37.4 Å². The van der Waals surface area contributed by atoms with E-state index >= 15 is 0 Å². The molecule has 0 spiro atoms. The van der Waals surface area contributed by atoms with E-state index in [1.807, 2.05) is 26.0 Å². The fourth-order valence-corrected chi connectivity index (χ4v) is 2.83. The number of amides is 1. The first-order chi connectivity index (χ1) is 13.5. The predicted octanol–water partition coefficient (Wildman–Crippen LogP) is 3.63. The largest absolute Gasteiger partial charge is 0.493 e. The Balaban J connectivity index is 1.87. The summed E-state index contributed by atoms with van der Waals surface area (Å²) in [6.07, 6.45) is 0. The van der Waals surface area contributed by atoms with Crippen molar-refractivity contribution >= 4 is 11.9 Å². The Morgan fingerprint density at radius 2 is 1.64 bits per heavy atom. The highest BCUT2D eigenvalue weighted by Gasteiger charge is 2.19. The summed E-state index contributed by atoms with van der Waals surface area (Å²) in [5, 5.41) is 10.5. The molecule has 8 heteroatoms. The molecule has 1 aromatic heterocycles. The summed E-state index contributed by atoms with van der Waals surface area (Å²) >= 11 is 0. The fourth-order valence-electron chi connectivity index (χ4n) is 2.83. The Kier molecular flexibility index (Phi) is 5.49. The molecular weight excluding hydrogens is 362 g/mol. The number of hydrogen-bond acceptors (Lipinski definition) is 7. The molecule has 0 atom stereocenters. The van der Waals surface area contributed by atoms with Crippen molar-refractivity contribution in [2.45, 2.75) is 13.8 Å². The van der Waals surface area contributed by atoms with Gasteiger partial charge in [0.25, 0.3) is 5.91 Å². The molecule has 1 heterocycles. The van der Waals surface area contributed by atoms with Gasteiger partial charge in [0.1, 0.15) is 0 Å². The number of rotatable bonds is 6. The van der Waals surface area contributed by atoms with E-state index in [0.29, 0.717) is 28.4 Å². The maximum absolute atomic E-state index is 12.5. The highest BCUT2D eigenvalue weighted by molar-refractivity contribution is 6.04. The molecule has 0 bridgehead atoms.